The second-order valence-corrected chi connectivity index (χ2v) is 4.29. The number of carbonyl (C=O) groups is 3. The predicted molar refractivity (Wildman–Crippen MR) is 77.0 cm³/mol. The normalized spacial score (nSPS) is 9.86. The molecule has 7 nitrogen and oxygen atoms in total. The van der Waals surface area contributed by atoms with Crippen molar-refractivity contribution in [3.8, 4) is 0 Å². The zero-order valence-electron chi connectivity index (χ0n) is 11.8. The second kappa shape index (κ2) is 7.07. The van der Waals surface area contributed by atoms with Gasteiger partial charge in [-0.15, -0.1) is 0 Å². The molecule has 2 N–H and O–H groups in total. The summed E-state index contributed by atoms with van der Waals surface area (Å²) in [5.74, 6) is -1.64. The Kier molecular flexibility index (Phi) is 4.92. The Hall–Kier alpha value is -3.09. The van der Waals surface area contributed by atoms with E-state index in [1.165, 1.54) is 19.4 Å². The van der Waals surface area contributed by atoms with Crippen LogP contribution in [0, 0.1) is 0 Å². The first kappa shape index (κ1) is 15.3. The van der Waals surface area contributed by atoms with E-state index < -0.39 is 17.8 Å². The summed E-state index contributed by atoms with van der Waals surface area (Å²) in [7, 11) is 1.26. The van der Waals surface area contributed by atoms with Crippen LogP contribution in [0.4, 0.5) is 5.69 Å². The average molecular weight is 302 g/mol. The standard InChI is InChI=1S/C15H14N2O5/c1-21-15(20)10-4-2-5-11(8-10)17-14(19)13(18)16-9-12-6-3-7-22-12/h2-8H,9H2,1H3,(H,16,18)(H,17,19). The highest BCUT2D eigenvalue weighted by atomic mass is 16.5. The van der Waals surface area contributed by atoms with Crippen LogP contribution in [0.3, 0.4) is 0 Å². The summed E-state index contributed by atoms with van der Waals surface area (Å²) in [6, 6.07) is 9.45. The molecule has 0 aliphatic heterocycles. The maximum absolute atomic E-state index is 11.8. The zero-order valence-corrected chi connectivity index (χ0v) is 11.8. The predicted octanol–water partition coefficient (Wildman–Crippen LogP) is 1.32. The lowest BCUT2D eigenvalue weighted by atomic mass is 10.2. The van der Waals surface area contributed by atoms with Gasteiger partial charge in [0.05, 0.1) is 25.5 Å². The second-order valence-electron chi connectivity index (χ2n) is 4.29. The molecule has 0 saturated heterocycles. The van der Waals surface area contributed by atoms with Gasteiger partial charge < -0.3 is 19.8 Å². The first-order chi connectivity index (χ1) is 10.6. The van der Waals surface area contributed by atoms with Crippen molar-refractivity contribution in [3.05, 3.63) is 54.0 Å². The molecule has 2 rings (SSSR count). The van der Waals surface area contributed by atoms with E-state index in [0.717, 1.165) is 0 Å². The molecule has 2 amide bonds. The van der Waals surface area contributed by atoms with Gasteiger partial charge in [-0.05, 0) is 30.3 Å². The van der Waals surface area contributed by atoms with Crippen molar-refractivity contribution in [1.82, 2.24) is 5.32 Å². The largest absolute Gasteiger partial charge is 0.467 e. The number of amides is 2. The smallest absolute Gasteiger partial charge is 0.337 e. The fourth-order valence-electron chi connectivity index (χ4n) is 1.69. The van der Waals surface area contributed by atoms with Gasteiger partial charge in [0.2, 0.25) is 0 Å². The van der Waals surface area contributed by atoms with E-state index in [9.17, 15) is 14.4 Å². The van der Waals surface area contributed by atoms with Crippen LogP contribution >= 0.6 is 0 Å². The number of esters is 1. The number of methoxy groups -OCH3 is 1. The van der Waals surface area contributed by atoms with Crippen LogP contribution < -0.4 is 10.6 Å². The van der Waals surface area contributed by atoms with Crippen LogP contribution in [0.25, 0.3) is 0 Å². The molecule has 0 spiro atoms. The quantitative estimate of drug-likeness (QED) is 0.655. The van der Waals surface area contributed by atoms with Gasteiger partial charge in [0.15, 0.2) is 0 Å². The van der Waals surface area contributed by atoms with Crippen molar-refractivity contribution in [3.63, 3.8) is 0 Å². The Bertz CT molecular complexity index is 679. The van der Waals surface area contributed by atoms with Gasteiger partial charge in [-0.3, -0.25) is 9.59 Å². The molecule has 0 bridgehead atoms. The fraction of sp³-hybridized carbons (Fsp3) is 0.133. The lowest BCUT2D eigenvalue weighted by Crippen LogP contribution is -2.34. The van der Waals surface area contributed by atoms with E-state index in [-0.39, 0.29) is 12.1 Å². The topological polar surface area (TPSA) is 97.6 Å². The SMILES string of the molecule is COC(=O)c1cccc(NC(=O)C(=O)NCc2ccco2)c1. The van der Waals surface area contributed by atoms with Crippen LogP contribution in [-0.2, 0) is 20.9 Å². The molecule has 2 aromatic rings. The average Bonchev–Trinajstić information content (AvgIpc) is 3.05. The number of carbonyl (C=O) groups excluding carboxylic acids is 3. The Morgan fingerprint density at radius 2 is 1.95 bits per heavy atom. The number of ether oxygens (including phenoxy) is 1. The minimum Gasteiger partial charge on any atom is -0.467 e. The van der Waals surface area contributed by atoms with Gasteiger partial charge in [-0.2, -0.15) is 0 Å². The van der Waals surface area contributed by atoms with Crippen molar-refractivity contribution < 1.29 is 23.5 Å². The molecule has 1 heterocycles. The van der Waals surface area contributed by atoms with Crippen molar-refractivity contribution in [2.45, 2.75) is 6.54 Å². The molecule has 114 valence electrons. The summed E-state index contributed by atoms with van der Waals surface area (Å²) in [5, 5.41) is 4.82. The lowest BCUT2D eigenvalue weighted by Gasteiger charge is -2.07. The monoisotopic (exact) mass is 302 g/mol. The molecule has 22 heavy (non-hydrogen) atoms. The molecular formula is C15H14N2O5. The summed E-state index contributed by atoms with van der Waals surface area (Å²) in [5.41, 5.74) is 0.595. The van der Waals surface area contributed by atoms with Crippen molar-refractivity contribution in [2.24, 2.45) is 0 Å². The van der Waals surface area contributed by atoms with Gasteiger partial charge >= 0.3 is 17.8 Å². The molecule has 0 saturated carbocycles. The third kappa shape index (κ3) is 3.95. The highest BCUT2D eigenvalue weighted by molar-refractivity contribution is 6.39. The Balaban J connectivity index is 1.93. The number of anilines is 1. The van der Waals surface area contributed by atoms with E-state index in [0.29, 0.717) is 11.4 Å². The van der Waals surface area contributed by atoms with Crippen LogP contribution in [-0.4, -0.2) is 24.9 Å². The van der Waals surface area contributed by atoms with Crippen molar-refractivity contribution >= 4 is 23.5 Å². The molecule has 1 aromatic carbocycles. The molecule has 0 atom stereocenters. The first-order valence-corrected chi connectivity index (χ1v) is 6.40. The third-order valence-corrected chi connectivity index (χ3v) is 2.75. The molecule has 1 aromatic heterocycles. The number of hydrogen-bond acceptors (Lipinski definition) is 5. The van der Waals surface area contributed by atoms with E-state index in [4.69, 9.17) is 4.42 Å². The van der Waals surface area contributed by atoms with Crippen LogP contribution in [0.1, 0.15) is 16.1 Å². The Labute approximate surface area is 126 Å². The van der Waals surface area contributed by atoms with E-state index in [1.807, 2.05) is 0 Å². The zero-order chi connectivity index (χ0) is 15.9. The van der Waals surface area contributed by atoms with Gasteiger partial charge in [0.1, 0.15) is 5.76 Å². The number of furan rings is 1. The highest BCUT2D eigenvalue weighted by Crippen LogP contribution is 2.11. The van der Waals surface area contributed by atoms with Gasteiger partial charge in [-0.1, -0.05) is 6.07 Å². The molecule has 0 aliphatic carbocycles. The third-order valence-electron chi connectivity index (χ3n) is 2.75. The summed E-state index contributed by atoms with van der Waals surface area (Å²) >= 11 is 0. The Morgan fingerprint density at radius 3 is 2.64 bits per heavy atom. The molecule has 0 radical (unpaired) electrons. The van der Waals surface area contributed by atoms with Gasteiger partial charge in [0, 0.05) is 5.69 Å². The van der Waals surface area contributed by atoms with E-state index in [2.05, 4.69) is 15.4 Å². The summed E-state index contributed by atoms with van der Waals surface area (Å²) in [6.45, 7) is 0.113. The summed E-state index contributed by atoms with van der Waals surface area (Å²) < 4.78 is 9.62. The van der Waals surface area contributed by atoms with Crippen LogP contribution in [0.5, 0.6) is 0 Å². The Morgan fingerprint density at radius 1 is 1.14 bits per heavy atom. The van der Waals surface area contributed by atoms with E-state index in [1.54, 1.807) is 30.3 Å². The minimum atomic E-state index is -0.839. The lowest BCUT2D eigenvalue weighted by molar-refractivity contribution is -0.136. The van der Waals surface area contributed by atoms with Crippen molar-refractivity contribution in [1.29, 1.82) is 0 Å². The highest BCUT2D eigenvalue weighted by Gasteiger charge is 2.14. The number of nitrogens with one attached hydrogen (secondary N) is 2. The van der Waals surface area contributed by atoms with Gasteiger partial charge in [-0.25, -0.2) is 4.79 Å². The fourth-order valence-corrected chi connectivity index (χ4v) is 1.69. The molecule has 0 aliphatic rings. The minimum absolute atomic E-state index is 0.113. The number of rotatable bonds is 4. The van der Waals surface area contributed by atoms with Crippen LogP contribution in [0.2, 0.25) is 0 Å². The van der Waals surface area contributed by atoms with Crippen molar-refractivity contribution in [2.75, 3.05) is 12.4 Å². The molecule has 0 unspecified atom stereocenters. The maximum atomic E-state index is 11.8. The summed E-state index contributed by atoms with van der Waals surface area (Å²) in [6.07, 6.45) is 1.47. The molecular weight excluding hydrogens is 288 g/mol. The van der Waals surface area contributed by atoms with Crippen LogP contribution in [0.15, 0.2) is 47.1 Å². The van der Waals surface area contributed by atoms with Gasteiger partial charge in [0.25, 0.3) is 0 Å². The van der Waals surface area contributed by atoms with E-state index >= 15 is 0 Å². The molecule has 7 heteroatoms. The maximum Gasteiger partial charge on any atom is 0.337 e. The number of hydrogen-bond donors (Lipinski definition) is 2. The molecule has 0 fully saturated rings. The summed E-state index contributed by atoms with van der Waals surface area (Å²) in [4.78, 5) is 34.8. The first-order valence-electron chi connectivity index (χ1n) is 6.40. The number of benzene rings is 1.